The zero-order valence-electron chi connectivity index (χ0n) is 16.8. The van der Waals surface area contributed by atoms with Crippen molar-refractivity contribution in [2.24, 2.45) is 5.10 Å². The van der Waals surface area contributed by atoms with E-state index in [1.807, 2.05) is 38.1 Å². The molecular weight excluding hydrogens is 380 g/mol. The first-order valence-corrected chi connectivity index (χ1v) is 10.8. The number of nitrogens with zero attached hydrogens (tertiary/aromatic N) is 1. The van der Waals surface area contributed by atoms with Crippen LogP contribution < -0.4 is 4.83 Å². The lowest BCUT2D eigenvalue weighted by molar-refractivity contribution is 0.584. The van der Waals surface area contributed by atoms with Gasteiger partial charge in [0, 0.05) is 0 Å². The van der Waals surface area contributed by atoms with Crippen molar-refractivity contribution < 1.29 is 8.42 Å². The highest BCUT2D eigenvalue weighted by molar-refractivity contribution is 7.89. The van der Waals surface area contributed by atoms with Gasteiger partial charge in [0.1, 0.15) is 0 Å². The summed E-state index contributed by atoms with van der Waals surface area (Å²) in [5, 5.41) is 4.03. The molecule has 0 heterocycles. The van der Waals surface area contributed by atoms with E-state index in [1.54, 1.807) is 31.2 Å². The second-order valence-corrected chi connectivity index (χ2v) is 8.59. The van der Waals surface area contributed by atoms with Gasteiger partial charge in [0.05, 0.1) is 10.6 Å². The normalized spacial score (nSPS) is 12.7. The van der Waals surface area contributed by atoms with E-state index < -0.39 is 10.0 Å². The van der Waals surface area contributed by atoms with Crippen LogP contribution in [0.3, 0.4) is 0 Å². The van der Waals surface area contributed by atoms with Gasteiger partial charge < -0.3 is 0 Å². The number of rotatable bonds is 6. The molecule has 0 aliphatic heterocycles. The minimum absolute atomic E-state index is 0.192. The zero-order valence-corrected chi connectivity index (χ0v) is 17.6. The highest BCUT2D eigenvalue weighted by atomic mass is 32.2. The highest BCUT2D eigenvalue weighted by Crippen LogP contribution is 2.22. The summed E-state index contributed by atoms with van der Waals surface area (Å²) in [7, 11) is -3.68. The Kier molecular flexibility index (Phi) is 6.29. The Labute approximate surface area is 172 Å². The van der Waals surface area contributed by atoms with Gasteiger partial charge in [0.2, 0.25) is 0 Å². The first-order valence-electron chi connectivity index (χ1n) is 9.32. The average molecular weight is 405 g/mol. The fourth-order valence-electron chi connectivity index (χ4n) is 2.89. The fourth-order valence-corrected chi connectivity index (χ4v) is 3.75. The molecular formula is C24H24N2O2S. The monoisotopic (exact) mass is 404 g/mol. The molecule has 0 aromatic heterocycles. The molecule has 3 aromatic rings. The van der Waals surface area contributed by atoms with Crippen molar-refractivity contribution in [2.45, 2.75) is 25.7 Å². The van der Waals surface area contributed by atoms with Crippen LogP contribution in [0.2, 0.25) is 0 Å². The van der Waals surface area contributed by atoms with Crippen molar-refractivity contribution in [3.05, 3.63) is 96.1 Å². The highest BCUT2D eigenvalue weighted by Gasteiger charge is 2.12. The van der Waals surface area contributed by atoms with Gasteiger partial charge in [-0.2, -0.15) is 18.4 Å². The summed E-state index contributed by atoms with van der Waals surface area (Å²) >= 11 is 0. The second kappa shape index (κ2) is 8.88. The Morgan fingerprint density at radius 3 is 2.03 bits per heavy atom. The second-order valence-electron chi connectivity index (χ2n) is 6.93. The number of nitrogens with one attached hydrogen (secondary N) is 1. The third-order valence-electron chi connectivity index (χ3n) is 4.55. The smallest absolute Gasteiger partial charge is 0.200 e. The number of hydrogen-bond acceptors (Lipinski definition) is 3. The summed E-state index contributed by atoms with van der Waals surface area (Å²) < 4.78 is 24.7. The van der Waals surface area contributed by atoms with E-state index in [0.29, 0.717) is 5.71 Å². The summed E-state index contributed by atoms with van der Waals surface area (Å²) in [4.78, 5) is 2.49. The first kappa shape index (κ1) is 20.6. The quantitative estimate of drug-likeness (QED) is 0.440. The molecule has 3 rings (SSSR count). The Morgan fingerprint density at radius 1 is 0.828 bits per heavy atom. The Balaban J connectivity index is 1.72. The van der Waals surface area contributed by atoms with Crippen molar-refractivity contribution in [3.8, 4) is 11.1 Å². The van der Waals surface area contributed by atoms with Crippen molar-refractivity contribution in [1.82, 2.24) is 4.83 Å². The van der Waals surface area contributed by atoms with Gasteiger partial charge in [-0.15, -0.1) is 0 Å². The maximum absolute atomic E-state index is 12.3. The van der Waals surface area contributed by atoms with Crippen LogP contribution in [0, 0.1) is 6.92 Å². The van der Waals surface area contributed by atoms with Crippen LogP contribution in [0.1, 0.15) is 25.0 Å². The van der Waals surface area contributed by atoms with Crippen LogP contribution in [0.5, 0.6) is 0 Å². The van der Waals surface area contributed by atoms with Gasteiger partial charge in [-0.3, -0.25) is 0 Å². The molecule has 0 saturated carbocycles. The number of hydrogen-bond donors (Lipinski definition) is 1. The topological polar surface area (TPSA) is 58.5 Å². The van der Waals surface area contributed by atoms with E-state index in [4.69, 9.17) is 0 Å². The van der Waals surface area contributed by atoms with Crippen LogP contribution in [-0.2, 0) is 10.0 Å². The van der Waals surface area contributed by atoms with Gasteiger partial charge in [0.25, 0.3) is 10.0 Å². The predicted molar refractivity (Wildman–Crippen MR) is 120 cm³/mol. The van der Waals surface area contributed by atoms with Gasteiger partial charge in [-0.1, -0.05) is 72.3 Å². The molecule has 0 amide bonds. The molecule has 4 nitrogen and oxygen atoms in total. The summed E-state index contributed by atoms with van der Waals surface area (Å²) in [5.74, 6) is 0. The van der Waals surface area contributed by atoms with E-state index in [9.17, 15) is 8.42 Å². The average Bonchev–Trinajstić information content (AvgIpc) is 2.73. The van der Waals surface area contributed by atoms with Crippen LogP contribution in [0.4, 0.5) is 0 Å². The van der Waals surface area contributed by atoms with E-state index in [-0.39, 0.29) is 4.90 Å². The number of aryl methyl sites for hydroxylation is 1. The molecule has 0 unspecified atom stereocenters. The molecule has 5 heteroatoms. The summed E-state index contributed by atoms with van der Waals surface area (Å²) in [6, 6.07) is 25.1. The van der Waals surface area contributed by atoms with Gasteiger partial charge >= 0.3 is 0 Å². The summed E-state index contributed by atoms with van der Waals surface area (Å²) in [6.07, 6.45) is 1.86. The van der Waals surface area contributed by atoms with Gasteiger partial charge in [-0.25, -0.2) is 0 Å². The summed E-state index contributed by atoms with van der Waals surface area (Å²) in [5.41, 5.74) is 5.95. The van der Waals surface area contributed by atoms with Crippen molar-refractivity contribution in [3.63, 3.8) is 0 Å². The van der Waals surface area contributed by atoms with Crippen LogP contribution in [-0.4, -0.2) is 14.1 Å². The molecule has 0 fully saturated rings. The minimum atomic E-state index is -3.68. The predicted octanol–water partition coefficient (Wildman–Crippen LogP) is 5.42. The Hall–Kier alpha value is -3.18. The molecule has 0 atom stereocenters. The molecule has 29 heavy (non-hydrogen) atoms. The maximum Gasteiger partial charge on any atom is 0.276 e. The number of benzene rings is 3. The van der Waals surface area contributed by atoms with Crippen molar-refractivity contribution in [1.29, 1.82) is 0 Å². The number of hydrazone groups is 1. The lowest BCUT2D eigenvalue weighted by Crippen LogP contribution is -2.19. The van der Waals surface area contributed by atoms with E-state index >= 15 is 0 Å². The fraction of sp³-hybridized carbons (Fsp3) is 0.125. The van der Waals surface area contributed by atoms with Gasteiger partial charge in [0.15, 0.2) is 0 Å². The number of allylic oxidation sites excluding steroid dienone is 2. The molecule has 0 radical (unpaired) electrons. The Morgan fingerprint density at radius 2 is 1.41 bits per heavy atom. The van der Waals surface area contributed by atoms with E-state index in [2.05, 4.69) is 46.3 Å². The molecule has 0 aliphatic rings. The van der Waals surface area contributed by atoms with Crippen molar-refractivity contribution in [2.75, 3.05) is 0 Å². The number of sulfonamides is 1. The summed E-state index contributed by atoms with van der Waals surface area (Å²) in [6.45, 7) is 5.65. The standard InChI is InChI=1S/C24H24N2O2S/c1-18-9-15-24(16-10-18)29(27,28)26-25-20(3)17-19(2)21-11-13-23(14-12-21)22-7-5-4-6-8-22/h4-17,26H,1-3H3/b19-17+,25-20+. The third-order valence-corrected chi connectivity index (χ3v) is 5.77. The van der Waals surface area contributed by atoms with E-state index in [1.165, 1.54) is 5.56 Å². The molecule has 148 valence electrons. The molecule has 0 saturated heterocycles. The van der Waals surface area contributed by atoms with E-state index in [0.717, 1.165) is 22.3 Å². The Bertz CT molecular complexity index is 1130. The molecule has 3 aromatic carbocycles. The van der Waals surface area contributed by atoms with Crippen LogP contribution >= 0.6 is 0 Å². The lowest BCUT2D eigenvalue weighted by Gasteiger charge is -2.06. The third kappa shape index (κ3) is 5.42. The van der Waals surface area contributed by atoms with Gasteiger partial charge in [-0.05, 0) is 61.2 Å². The largest absolute Gasteiger partial charge is 0.276 e. The minimum Gasteiger partial charge on any atom is -0.200 e. The lowest BCUT2D eigenvalue weighted by atomic mass is 10.0. The molecule has 0 bridgehead atoms. The molecule has 0 spiro atoms. The maximum atomic E-state index is 12.3. The molecule has 1 N–H and O–H groups in total. The van der Waals surface area contributed by atoms with Crippen molar-refractivity contribution >= 4 is 21.3 Å². The van der Waals surface area contributed by atoms with Crippen LogP contribution in [0.15, 0.2) is 94.9 Å². The zero-order chi connectivity index (χ0) is 20.9. The SMILES string of the molecule is C/C(=C\C(C)=N\NS(=O)(=O)c1ccc(C)cc1)c1ccc(-c2ccccc2)cc1. The first-order chi connectivity index (χ1) is 13.8. The van der Waals surface area contributed by atoms with Crippen LogP contribution in [0.25, 0.3) is 16.7 Å². The molecule has 0 aliphatic carbocycles.